The number of hydrogen-bond acceptors (Lipinski definition) is 3. The second kappa shape index (κ2) is 6.88. The third-order valence-electron chi connectivity index (χ3n) is 2.85. The summed E-state index contributed by atoms with van der Waals surface area (Å²) in [7, 11) is 3.25. The summed E-state index contributed by atoms with van der Waals surface area (Å²) in [5, 5.41) is 0. The highest BCUT2D eigenvalue weighted by molar-refractivity contribution is 5.96. The van der Waals surface area contributed by atoms with Gasteiger partial charge in [0.1, 0.15) is 12.4 Å². The normalized spacial score (nSPS) is 10.2. The fraction of sp³-hybridized carbons (Fsp3) is 0.429. The van der Waals surface area contributed by atoms with Crippen LogP contribution in [-0.2, 0) is 4.79 Å². The van der Waals surface area contributed by atoms with Gasteiger partial charge in [0.15, 0.2) is 0 Å². The van der Waals surface area contributed by atoms with Crippen molar-refractivity contribution in [2.45, 2.75) is 13.3 Å². The highest BCUT2D eigenvalue weighted by atomic mass is 19.1. The molecule has 0 aliphatic rings. The van der Waals surface area contributed by atoms with E-state index >= 15 is 0 Å². The van der Waals surface area contributed by atoms with E-state index in [1.807, 2.05) is 6.92 Å². The lowest BCUT2D eigenvalue weighted by Crippen LogP contribution is -2.40. The summed E-state index contributed by atoms with van der Waals surface area (Å²) < 4.78 is 13.4. The van der Waals surface area contributed by atoms with Crippen LogP contribution in [0.1, 0.15) is 23.7 Å². The van der Waals surface area contributed by atoms with Crippen LogP contribution in [0.5, 0.6) is 0 Å². The lowest BCUT2D eigenvalue weighted by molar-refractivity contribution is -0.129. The molecule has 5 nitrogen and oxygen atoms in total. The van der Waals surface area contributed by atoms with Crippen LogP contribution in [0.25, 0.3) is 0 Å². The molecule has 0 saturated heterocycles. The van der Waals surface area contributed by atoms with Gasteiger partial charge in [0, 0.05) is 26.2 Å². The molecule has 0 aliphatic carbocycles. The van der Waals surface area contributed by atoms with Crippen molar-refractivity contribution in [2.75, 3.05) is 32.9 Å². The first-order chi connectivity index (χ1) is 9.36. The molecule has 0 spiro atoms. The third-order valence-corrected chi connectivity index (χ3v) is 2.85. The van der Waals surface area contributed by atoms with Gasteiger partial charge < -0.3 is 15.5 Å². The molecule has 0 aromatic heterocycles. The summed E-state index contributed by atoms with van der Waals surface area (Å²) in [6.07, 6.45) is 0.712. The molecular weight excluding hydrogens is 261 g/mol. The second-order valence-corrected chi connectivity index (χ2v) is 4.75. The molecule has 1 rings (SSSR count). The molecule has 6 heteroatoms. The van der Waals surface area contributed by atoms with Crippen LogP contribution >= 0.6 is 0 Å². The number of hydrogen-bond donors (Lipinski definition) is 1. The number of benzene rings is 1. The SMILES string of the molecule is CCCN(CC(=O)N(C)C)C(=O)c1ccc(N)c(F)c1. The molecule has 0 radical (unpaired) electrons. The Kier molecular flexibility index (Phi) is 5.49. The van der Waals surface area contributed by atoms with Gasteiger partial charge in [0.2, 0.25) is 5.91 Å². The number of nitrogens with two attached hydrogens (primary N) is 1. The van der Waals surface area contributed by atoms with Crippen LogP contribution in [0.2, 0.25) is 0 Å². The Morgan fingerprint density at radius 1 is 1.30 bits per heavy atom. The maximum Gasteiger partial charge on any atom is 0.254 e. The molecule has 0 bridgehead atoms. The molecule has 0 saturated carbocycles. The van der Waals surface area contributed by atoms with E-state index in [4.69, 9.17) is 5.73 Å². The van der Waals surface area contributed by atoms with E-state index in [0.29, 0.717) is 13.0 Å². The lowest BCUT2D eigenvalue weighted by Gasteiger charge is -2.23. The topological polar surface area (TPSA) is 66.6 Å². The number of carbonyl (C=O) groups is 2. The van der Waals surface area contributed by atoms with Crippen LogP contribution in [0.15, 0.2) is 18.2 Å². The minimum Gasteiger partial charge on any atom is -0.396 e. The molecular formula is C14H20FN3O2. The predicted molar refractivity (Wildman–Crippen MR) is 75.7 cm³/mol. The Balaban J connectivity index is 2.92. The Morgan fingerprint density at radius 2 is 1.95 bits per heavy atom. The summed E-state index contributed by atoms with van der Waals surface area (Å²) in [6, 6.07) is 3.91. The summed E-state index contributed by atoms with van der Waals surface area (Å²) >= 11 is 0. The van der Waals surface area contributed by atoms with Gasteiger partial charge in [-0.15, -0.1) is 0 Å². The van der Waals surface area contributed by atoms with Gasteiger partial charge in [-0.1, -0.05) is 6.92 Å². The zero-order valence-corrected chi connectivity index (χ0v) is 12.0. The van der Waals surface area contributed by atoms with Gasteiger partial charge in [-0.3, -0.25) is 9.59 Å². The fourth-order valence-corrected chi connectivity index (χ4v) is 1.67. The molecule has 0 atom stereocenters. The zero-order chi connectivity index (χ0) is 15.3. The number of nitrogens with zero attached hydrogens (tertiary/aromatic N) is 2. The molecule has 110 valence electrons. The average Bonchev–Trinajstić information content (AvgIpc) is 2.40. The summed E-state index contributed by atoms with van der Waals surface area (Å²) in [5.41, 5.74) is 5.57. The Hall–Kier alpha value is -2.11. The van der Waals surface area contributed by atoms with Crippen LogP contribution in [0, 0.1) is 5.82 Å². The van der Waals surface area contributed by atoms with Gasteiger partial charge in [0.25, 0.3) is 5.91 Å². The van der Waals surface area contributed by atoms with E-state index < -0.39 is 5.82 Å². The highest BCUT2D eigenvalue weighted by Crippen LogP contribution is 2.14. The third kappa shape index (κ3) is 3.94. The van der Waals surface area contributed by atoms with Crippen LogP contribution in [0.3, 0.4) is 0 Å². The molecule has 2 amide bonds. The summed E-state index contributed by atoms with van der Waals surface area (Å²) in [6.45, 7) is 2.32. The highest BCUT2D eigenvalue weighted by Gasteiger charge is 2.19. The van der Waals surface area contributed by atoms with E-state index in [9.17, 15) is 14.0 Å². The maximum atomic E-state index is 13.4. The Morgan fingerprint density at radius 3 is 2.45 bits per heavy atom. The number of rotatable bonds is 5. The maximum absolute atomic E-state index is 13.4. The number of halogens is 1. The number of anilines is 1. The first-order valence-electron chi connectivity index (χ1n) is 6.41. The van der Waals surface area contributed by atoms with Gasteiger partial charge in [-0.25, -0.2) is 4.39 Å². The second-order valence-electron chi connectivity index (χ2n) is 4.75. The van der Waals surface area contributed by atoms with Crippen molar-refractivity contribution >= 4 is 17.5 Å². The Bertz CT molecular complexity index is 503. The first kappa shape index (κ1) is 15.9. The molecule has 2 N–H and O–H groups in total. The Labute approximate surface area is 118 Å². The van der Waals surface area contributed by atoms with Crippen molar-refractivity contribution in [3.05, 3.63) is 29.6 Å². The van der Waals surface area contributed by atoms with Gasteiger partial charge in [-0.2, -0.15) is 0 Å². The largest absolute Gasteiger partial charge is 0.396 e. The summed E-state index contributed by atoms with van der Waals surface area (Å²) in [5.74, 6) is -1.19. The van der Waals surface area contributed by atoms with E-state index in [2.05, 4.69) is 0 Å². The van der Waals surface area contributed by atoms with E-state index in [-0.39, 0.29) is 29.6 Å². The molecule has 20 heavy (non-hydrogen) atoms. The standard InChI is InChI=1S/C14H20FN3O2/c1-4-7-18(9-13(19)17(2)3)14(20)10-5-6-12(16)11(15)8-10/h5-6,8H,4,7,9,16H2,1-3H3. The average molecular weight is 281 g/mol. The zero-order valence-electron chi connectivity index (χ0n) is 12.0. The van der Waals surface area contributed by atoms with Gasteiger partial charge in [0.05, 0.1) is 5.69 Å². The first-order valence-corrected chi connectivity index (χ1v) is 6.41. The van der Waals surface area contributed by atoms with Crippen molar-refractivity contribution in [1.82, 2.24) is 9.80 Å². The molecule has 0 aliphatic heterocycles. The lowest BCUT2D eigenvalue weighted by atomic mass is 10.1. The quantitative estimate of drug-likeness (QED) is 0.828. The summed E-state index contributed by atoms with van der Waals surface area (Å²) in [4.78, 5) is 26.9. The number of amides is 2. The fourth-order valence-electron chi connectivity index (χ4n) is 1.67. The van der Waals surface area contributed by atoms with Crippen LogP contribution in [-0.4, -0.2) is 48.8 Å². The van der Waals surface area contributed by atoms with E-state index in [1.54, 1.807) is 14.1 Å². The predicted octanol–water partition coefficient (Wildman–Crippen LogP) is 1.35. The number of nitrogen functional groups attached to an aromatic ring is 1. The van der Waals surface area contributed by atoms with Crippen molar-refractivity contribution in [1.29, 1.82) is 0 Å². The molecule has 1 aromatic rings. The van der Waals surface area contributed by atoms with E-state index in [1.165, 1.54) is 21.9 Å². The minimum absolute atomic E-state index is 0.00652. The van der Waals surface area contributed by atoms with Crippen molar-refractivity contribution in [3.8, 4) is 0 Å². The number of likely N-dealkylation sites (N-methyl/N-ethyl adjacent to an activating group) is 1. The smallest absolute Gasteiger partial charge is 0.254 e. The van der Waals surface area contributed by atoms with Gasteiger partial charge >= 0.3 is 0 Å². The molecule has 0 unspecified atom stereocenters. The van der Waals surface area contributed by atoms with Crippen LogP contribution in [0.4, 0.5) is 10.1 Å². The van der Waals surface area contributed by atoms with Crippen molar-refractivity contribution in [2.24, 2.45) is 0 Å². The molecule has 0 fully saturated rings. The number of carbonyl (C=O) groups excluding carboxylic acids is 2. The van der Waals surface area contributed by atoms with Crippen molar-refractivity contribution in [3.63, 3.8) is 0 Å². The van der Waals surface area contributed by atoms with E-state index in [0.717, 1.165) is 6.07 Å². The van der Waals surface area contributed by atoms with Gasteiger partial charge in [-0.05, 0) is 24.6 Å². The minimum atomic E-state index is -0.633. The van der Waals surface area contributed by atoms with Crippen LogP contribution < -0.4 is 5.73 Å². The monoisotopic (exact) mass is 281 g/mol. The molecule has 1 aromatic carbocycles. The molecule has 0 heterocycles. The van der Waals surface area contributed by atoms with Crippen molar-refractivity contribution < 1.29 is 14.0 Å².